The van der Waals surface area contributed by atoms with Gasteiger partial charge >= 0.3 is 0 Å². The zero-order chi connectivity index (χ0) is 11.7. The zero-order valence-electron chi connectivity index (χ0n) is 9.39. The SMILES string of the molecule is CCC1SCc2c(ccc(F)c2Br)C1NC. The summed E-state index contributed by atoms with van der Waals surface area (Å²) < 4.78 is 14.1. The lowest BCUT2D eigenvalue weighted by Crippen LogP contribution is -2.31. The highest BCUT2D eigenvalue weighted by Crippen LogP contribution is 2.42. The highest BCUT2D eigenvalue weighted by atomic mass is 79.9. The molecule has 16 heavy (non-hydrogen) atoms. The van der Waals surface area contributed by atoms with Gasteiger partial charge in [0.05, 0.1) is 4.47 Å². The van der Waals surface area contributed by atoms with Crippen LogP contribution >= 0.6 is 27.7 Å². The number of halogens is 2. The van der Waals surface area contributed by atoms with E-state index < -0.39 is 0 Å². The van der Waals surface area contributed by atoms with Crippen molar-refractivity contribution in [2.45, 2.75) is 30.4 Å². The second-order valence-corrected chi connectivity index (χ2v) is 5.97. The molecular formula is C12H15BrFNS. The number of hydrogen-bond acceptors (Lipinski definition) is 2. The Morgan fingerprint density at radius 2 is 2.31 bits per heavy atom. The normalized spacial score (nSPS) is 24.2. The largest absolute Gasteiger partial charge is 0.312 e. The van der Waals surface area contributed by atoms with E-state index in [4.69, 9.17) is 0 Å². The lowest BCUT2D eigenvalue weighted by Gasteiger charge is -2.33. The molecule has 0 radical (unpaired) electrons. The molecule has 0 amide bonds. The highest BCUT2D eigenvalue weighted by Gasteiger charge is 2.29. The van der Waals surface area contributed by atoms with Crippen molar-refractivity contribution in [2.75, 3.05) is 7.05 Å². The van der Waals surface area contributed by atoms with E-state index in [2.05, 4.69) is 28.2 Å². The molecule has 0 aliphatic carbocycles. The van der Waals surface area contributed by atoms with Crippen LogP contribution in [0.25, 0.3) is 0 Å². The van der Waals surface area contributed by atoms with Crippen molar-refractivity contribution >= 4 is 27.7 Å². The minimum atomic E-state index is -0.163. The maximum atomic E-state index is 13.4. The number of nitrogens with one attached hydrogen (secondary N) is 1. The van der Waals surface area contributed by atoms with Crippen LogP contribution in [0.2, 0.25) is 0 Å². The molecule has 0 bridgehead atoms. The van der Waals surface area contributed by atoms with Crippen molar-refractivity contribution in [1.82, 2.24) is 5.32 Å². The van der Waals surface area contributed by atoms with Gasteiger partial charge in [0.25, 0.3) is 0 Å². The fourth-order valence-corrected chi connectivity index (χ4v) is 4.32. The van der Waals surface area contributed by atoms with Crippen LogP contribution in [0.3, 0.4) is 0 Å². The van der Waals surface area contributed by atoms with E-state index in [1.807, 2.05) is 24.9 Å². The number of hydrogen-bond donors (Lipinski definition) is 1. The van der Waals surface area contributed by atoms with Gasteiger partial charge in [-0.15, -0.1) is 0 Å². The van der Waals surface area contributed by atoms with Crippen LogP contribution in [-0.4, -0.2) is 12.3 Å². The molecule has 1 aliphatic heterocycles. The van der Waals surface area contributed by atoms with E-state index in [1.54, 1.807) is 6.07 Å². The smallest absolute Gasteiger partial charge is 0.137 e. The van der Waals surface area contributed by atoms with E-state index in [9.17, 15) is 4.39 Å². The predicted molar refractivity (Wildman–Crippen MR) is 71.3 cm³/mol. The van der Waals surface area contributed by atoms with E-state index >= 15 is 0 Å². The zero-order valence-corrected chi connectivity index (χ0v) is 11.8. The van der Waals surface area contributed by atoms with Crippen molar-refractivity contribution < 1.29 is 4.39 Å². The molecule has 2 unspecified atom stereocenters. The molecule has 1 nitrogen and oxygen atoms in total. The van der Waals surface area contributed by atoms with Gasteiger partial charge in [-0.25, -0.2) is 4.39 Å². The van der Waals surface area contributed by atoms with Crippen molar-refractivity contribution in [1.29, 1.82) is 0 Å². The number of benzene rings is 1. The Labute approximate surface area is 108 Å². The average Bonchev–Trinajstić information content (AvgIpc) is 2.32. The molecule has 2 rings (SSSR count). The van der Waals surface area contributed by atoms with Crippen molar-refractivity contribution in [2.24, 2.45) is 0 Å². The molecule has 0 saturated heterocycles. The summed E-state index contributed by atoms with van der Waals surface area (Å²) in [7, 11) is 1.97. The summed E-state index contributed by atoms with van der Waals surface area (Å²) in [5, 5.41) is 3.92. The summed E-state index contributed by atoms with van der Waals surface area (Å²) in [6, 6.07) is 3.80. The number of rotatable bonds is 2. The third-order valence-electron chi connectivity index (χ3n) is 3.09. The van der Waals surface area contributed by atoms with Crippen molar-refractivity contribution in [3.8, 4) is 0 Å². The quantitative estimate of drug-likeness (QED) is 0.890. The maximum absolute atomic E-state index is 13.4. The van der Waals surface area contributed by atoms with Gasteiger partial charge < -0.3 is 5.32 Å². The third-order valence-corrected chi connectivity index (χ3v) is 5.44. The van der Waals surface area contributed by atoms with Gasteiger partial charge in [0.2, 0.25) is 0 Å². The lowest BCUT2D eigenvalue weighted by atomic mass is 9.96. The van der Waals surface area contributed by atoms with Crippen molar-refractivity contribution in [3.63, 3.8) is 0 Å². The molecule has 0 fully saturated rings. The fourth-order valence-electron chi connectivity index (χ4n) is 2.23. The first-order valence-electron chi connectivity index (χ1n) is 5.44. The summed E-state index contributed by atoms with van der Waals surface area (Å²) in [6.07, 6.45) is 1.13. The molecule has 2 atom stereocenters. The maximum Gasteiger partial charge on any atom is 0.137 e. The first-order valence-corrected chi connectivity index (χ1v) is 7.28. The summed E-state index contributed by atoms with van der Waals surface area (Å²) >= 11 is 5.25. The molecule has 0 saturated carbocycles. The molecule has 88 valence electrons. The summed E-state index contributed by atoms with van der Waals surface area (Å²) in [6.45, 7) is 2.20. The molecule has 0 spiro atoms. The molecule has 1 aromatic carbocycles. The topological polar surface area (TPSA) is 12.0 Å². The Kier molecular flexibility index (Phi) is 3.93. The van der Waals surface area contributed by atoms with Crippen LogP contribution in [0.1, 0.15) is 30.5 Å². The van der Waals surface area contributed by atoms with Crippen LogP contribution in [0, 0.1) is 5.82 Å². The molecule has 1 aliphatic rings. The second kappa shape index (κ2) is 5.07. The van der Waals surface area contributed by atoms with Crippen LogP contribution in [0.15, 0.2) is 16.6 Å². The van der Waals surface area contributed by atoms with Gasteiger partial charge in [-0.2, -0.15) is 11.8 Å². The van der Waals surface area contributed by atoms with Gasteiger partial charge in [-0.1, -0.05) is 13.0 Å². The highest BCUT2D eigenvalue weighted by molar-refractivity contribution is 9.10. The van der Waals surface area contributed by atoms with E-state index in [1.165, 1.54) is 5.56 Å². The molecule has 4 heteroatoms. The van der Waals surface area contributed by atoms with Crippen molar-refractivity contribution in [3.05, 3.63) is 33.5 Å². The van der Waals surface area contributed by atoms with Crippen LogP contribution in [0.5, 0.6) is 0 Å². The summed E-state index contributed by atoms with van der Waals surface area (Å²) in [5.74, 6) is 0.730. The Bertz CT molecular complexity index is 397. The first kappa shape index (κ1) is 12.4. The standard InChI is InChI=1S/C12H15BrFNS/c1-3-10-12(15-2)7-4-5-9(14)11(13)8(7)6-16-10/h4-5,10,12,15H,3,6H2,1-2H3. The van der Waals surface area contributed by atoms with Crippen LogP contribution < -0.4 is 5.32 Å². The van der Waals surface area contributed by atoms with Gasteiger partial charge in [0, 0.05) is 17.0 Å². The van der Waals surface area contributed by atoms with Gasteiger partial charge in [0.1, 0.15) is 5.82 Å². The van der Waals surface area contributed by atoms with Crippen LogP contribution in [0.4, 0.5) is 4.39 Å². The Morgan fingerprint density at radius 3 is 2.94 bits per heavy atom. The Balaban J connectivity index is 2.46. The average molecular weight is 304 g/mol. The lowest BCUT2D eigenvalue weighted by molar-refractivity contribution is 0.541. The third kappa shape index (κ3) is 2.03. The monoisotopic (exact) mass is 303 g/mol. The van der Waals surface area contributed by atoms with E-state index in [0.717, 1.165) is 17.7 Å². The van der Waals surface area contributed by atoms with E-state index in [-0.39, 0.29) is 5.82 Å². The van der Waals surface area contributed by atoms with Gasteiger partial charge in [-0.3, -0.25) is 0 Å². The van der Waals surface area contributed by atoms with Crippen LogP contribution in [-0.2, 0) is 5.75 Å². The predicted octanol–water partition coefficient (Wildman–Crippen LogP) is 3.87. The Hall–Kier alpha value is -0.0600. The first-order chi connectivity index (χ1) is 7.69. The number of thioether (sulfide) groups is 1. The summed E-state index contributed by atoms with van der Waals surface area (Å²) in [5.41, 5.74) is 2.34. The van der Waals surface area contributed by atoms with Gasteiger partial charge in [-0.05, 0) is 46.6 Å². The Morgan fingerprint density at radius 1 is 1.56 bits per heavy atom. The minimum absolute atomic E-state index is 0.163. The van der Waals surface area contributed by atoms with Gasteiger partial charge in [0.15, 0.2) is 0 Å². The minimum Gasteiger partial charge on any atom is -0.312 e. The summed E-state index contributed by atoms with van der Waals surface area (Å²) in [4.78, 5) is 0. The second-order valence-electron chi connectivity index (χ2n) is 3.95. The van der Waals surface area contributed by atoms with E-state index in [0.29, 0.717) is 15.8 Å². The molecule has 1 N–H and O–H groups in total. The number of fused-ring (bicyclic) bond motifs is 1. The molecule has 1 aromatic rings. The molecule has 0 aromatic heterocycles. The molecular weight excluding hydrogens is 289 g/mol. The molecule has 1 heterocycles. The fraction of sp³-hybridized carbons (Fsp3) is 0.500.